The highest BCUT2D eigenvalue weighted by atomic mass is 15.4. The monoisotopic (exact) mass is 170 g/mol. The van der Waals surface area contributed by atoms with Gasteiger partial charge in [-0.2, -0.15) is 0 Å². The smallest absolute Gasteiger partial charge is 0.0888 e. The van der Waals surface area contributed by atoms with Crippen LogP contribution in [-0.2, 0) is 0 Å². The quantitative estimate of drug-likeness (QED) is 0.530. The van der Waals surface area contributed by atoms with Crippen molar-refractivity contribution >= 4 is 0 Å². The molecule has 0 saturated carbocycles. The van der Waals surface area contributed by atoms with E-state index < -0.39 is 0 Å². The lowest BCUT2D eigenvalue weighted by Gasteiger charge is -2.48. The normalized spacial score (nSPS) is 49.2. The zero-order valence-electron chi connectivity index (χ0n) is 9.30. The highest BCUT2D eigenvalue weighted by molar-refractivity contribution is 4.73. The molecule has 12 heavy (non-hydrogen) atoms. The van der Waals surface area contributed by atoms with Gasteiger partial charge in [-0.25, -0.2) is 0 Å². The molecule has 0 aromatic heterocycles. The Hall–Kier alpha value is -0.0400. The number of hydrogen-bond donors (Lipinski definition) is 0. The van der Waals surface area contributed by atoms with Crippen molar-refractivity contribution in [2.45, 2.75) is 40.2 Å². The van der Waals surface area contributed by atoms with Crippen molar-refractivity contribution in [3.05, 3.63) is 0 Å². The van der Waals surface area contributed by atoms with Crippen molar-refractivity contribution in [3.8, 4) is 0 Å². The number of quaternary nitrogens is 1. The lowest BCUT2D eigenvalue weighted by atomic mass is 9.81. The first-order valence-corrected chi connectivity index (χ1v) is 5.35. The van der Waals surface area contributed by atoms with E-state index in [-0.39, 0.29) is 0 Å². The van der Waals surface area contributed by atoms with Gasteiger partial charge < -0.3 is 4.48 Å². The van der Waals surface area contributed by atoms with Crippen molar-refractivity contribution in [3.63, 3.8) is 0 Å². The van der Waals surface area contributed by atoms with E-state index in [0.717, 1.165) is 17.9 Å². The lowest BCUT2D eigenvalue weighted by molar-refractivity contribution is -0.939. The maximum atomic E-state index is 2.42. The Bertz CT molecular complexity index is 155. The fraction of sp³-hybridized carbons (Fsp3) is 1.00. The maximum Gasteiger partial charge on any atom is 0.0888 e. The van der Waals surface area contributed by atoms with Gasteiger partial charge >= 0.3 is 0 Å². The van der Waals surface area contributed by atoms with Gasteiger partial charge in [0.15, 0.2) is 0 Å². The van der Waals surface area contributed by atoms with E-state index in [1.807, 2.05) is 0 Å². The number of hydrogen-bond acceptors (Lipinski definition) is 0. The molecule has 1 fully saturated rings. The summed E-state index contributed by atoms with van der Waals surface area (Å²) in [5.41, 5.74) is 0. The summed E-state index contributed by atoms with van der Waals surface area (Å²) in [6, 6.07) is 0.846. The van der Waals surface area contributed by atoms with E-state index in [1.165, 1.54) is 24.0 Å². The fourth-order valence-corrected chi connectivity index (χ4v) is 2.45. The maximum absolute atomic E-state index is 2.42. The molecule has 1 heterocycles. The second-order valence-electron chi connectivity index (χ2n) is 4.88. The molecule has 72 valence electrons. The van der Waals surface area contributed by atoms with E-state index in [9.17, 15) is 0 Å². The molecule has 0 spiro atoms. The van der Waals surface area contributed by atoms with Gasteiger partial charge in [0, 0.05) is 5.92 Å². The molecule has 4 atom stereocenters. The fourth-order valence-electron chi connectivity index (χ4n) is 2.45. The SMILES string of the molecule is CC[N+]1(C)CCC(C)C(C)C1C. The van der Waals surface area contributed by atoms with Crippen molar-refractivity contribution in [2.24, 2.45) is 11.8 Å². The third-order valence-electron chi connectivity index (χ3n) is 4.46. The summed E-state index contributed by atoms with van der Waals surface area (Å²) in [6.45, 7) is 12.2. The van der Waals surface area contributed by atoms with Gasteiger partial charge in [0.2, 0.25) is 0 Å². The Balaban J connectivity index is 2.71. The van der Waals surface area contributed by atoms with Crippen LogP contribution < -0.4 is 0 Å². The average molecular weight is 170 g/mol. The summed E-state index contributed by atoms with van der Waals surface area (Å²) in [4.78, 5) is 0. The minimum absolute atomic E-state index is 0.846. The Morgan fingerprint density at radius 1 is 1.25 bits per heavy atom. The molecule has 4 unspecified atom stereocenters. The van der Waals surface area contributed by atoms with Crippen LogP contribution in [-0.4, -0.2) is 30.7 Å². The largest absolute Gasteiger partial charge is 0.324 e. The van der Waals surface area contributed by atoms with Crippen LogP contribution in [0.5, 0.6) is 0 Å². The molecular formula is C11H24N+. The summed E-state index contributed by atoms with van der Waals surface area (Å²) in [5.74, 6) is 1.82. The number of likely N-dealkylation sites (tertiary alicyclic amines) is 1. The van der Waals surface area contributed by atoms with Crippen LogP contribution in [0, 0.1) is 11.8 Å². The first kappa shape index (κ1) is 10.0. The second-order valence-corrected chi connectivity index (χ2v) is 4.88. The molecule has 0 bridgehead atoms. The van der Waals surface area contributed by atoms with Crippen LogP contribution in [0.25, 0.3) is 0 Å². The third kappa shape index (κ3) is 1.52. The highest BCUT2D eigenvalue weighted by Gasteiger charge is 2.38. The predicted octanol–water partition coefficient (Wildman–Crippen LogP) is 2.52. The van der Waals surface area contributed by atoms with Gasteiger partial charge in [0.1, 0.15) is 0 Å². The van der Waals surface area contributed by atoms with Crippen LogP contribution in [0.1, 0.15) is 34.1 Å². The summed E-state index contributed by atoms with van der Waals surface area (Å²) in [5, 5.41) is 0. The van der Waals surface area contributed by atoms with Crippen molar-refractivity contribution in [1.29, 1.82) is 0 Å². The average Bonchev–Trinajstić information content (AvgIpc) is 2.09. The first-order valence-electron chi connectivity index (χ1n) is 5.35. The van der Waals surface area contributed by atoms with Gasteiger partial charge in [-0.1, -0.05) is 13.8 Å². The summed E-state index contributed by atoms with van der Waals surface area (Å²) in [7, 11) is 2.41. The molecule has 0 aliphatic carbocycles. The zero-order chi connectivity index (χ0) is 9.35. The number of rotatable bonds is 1. The first-order chi connectivity index (χ1) is 5.51. The molecule has 0 aromatic rings. The molecule has 1 rings (SSSR count). The van der Waals surface area contributed by atoms with Crippen molar-refractivity contribution in [1.82, 2.24) is 0 Å². The Labute approximate surface area is 77.4 Å². The Morgan fingerprint density at radius 2 is 1.83 bits per heavy atom. The zero-order valence-corrected chi connectivity index (χ0v) is 9.30. The molecule has 1 heteroatoms. The summed E-state index contributed by atoms with van der Waals surface area (Å²) < 4.78 is 1.28. The van der Waals surface area contributed by atoms with Crippen molar-refractivity contribution < 1.29 is 4.48 Å². The molecule has 0 amide bonds. The van der Waals surface area contributed by atoms with E-state index in [2.05, 4.69) is 34.7 Å². The topological polar surface area (TPSA) is 0 Å². The van der Waals surface area contributed by atoms with Crippen LogP contribution in [0.15, 0.2) is 0 Å². The molecular weight excluding hydrogens is 146 g/mol. The number of nitrogens with zero attached hydrogens (tertiary/aromatic N) is 1. The summed E-state index contributed by atoms with van der Waals surface area (Å²) >= 11 is 0. The Morgan fingerprint density at radius 3 is 2.33 bits per heavy atom. The van der Waals surface area contributed by atoms with Crippen LogP contribution in [0.4, 0.5) is 0 Å². The minimum Gasteiger partial charge on any atom is -0.324 e. The van der Waals surface area contributed by atoms with Gasteiger partial charge in [0.25, 0.3) is 0 Å². The standard InChI is InChI=1S/C11H24N/c1-6-12(5)8-7-9(2)10(3)11(12)4/h9-11H,6-8H2,1-5H3/q+1. The van der Waals surface area contributed by atoms with Gasteiger partial charge in [-0.05, 0) is 26.2 Å². The Kier molecular flexibility index (Phi) is 2.82. The van der Waals surface area contributed by atoms with E-state index in [4.69, 9.17) is 0 Å². The molecule has 0 radical (unpaired) electrons. The van der Waals surface area contributed by atoms with E-state index >= 15 is 0 Å². The lowest BCUT2D eigenvalue weighted by Crippen LogP contribution is -2.58. The van der Waals surface area contributed by atoms with Gasteiger partial charge in [0.05, 0.1) is 26.2 Å². The molecule has 1 nitrogen and oxygen atoms in total. The minimum atomic E-state index is 0.846. The number of piperidine rings is 1. The van der Waals surface area contributed by atoms with Crippen LogP contribution in [0.3, 0.4) is 0 Å². The van der Waals surface area contributed by atoms with E-state index in [1.54, 1.807) is 0 Å². The molecule has 1 saturated heterocycles. The third-order valence-corrected chi connectivity index (χ3v) is 4.46. The molecule has 0 N–H and O–H groups in total. The van der Waals surface area contributed by atoms with Crippen molar-refractivity contribution in [2.75, 3.05) is 20.1 Å². The van der Waals surface area contributed by atoms with Crippen LogP contribution in [0.2, 0.25) is 0 Å². The summed E-state index contributed by atoms with van der Waals surface area (Å²) in [6.07, 6.45) is 1.41. The molecule has 1 aliphatic heterocycles. The highest BCUT2D eigenvalue weighted by Crippen LogP contribution is 2.32. The van der Waals surface area contributed by atoms with Crippen LogP contribution >= 0.6 is 0 Å². The molecule has 0 aromatic carbocycles. The predicted molar refractivity (Wildman–Crippen MR) is 54.0 cm³/mol. The van der Waals surface area contributed by atoms with Gasteiger partial charge in [-0.15, -0.1) is 0 Å². The van der Waals surface area contributed by atoms with Gasteiger partial charge in [-0.3, -0.25) is 0 Å². The molecule has 1 aliphatic rings. The second kappa shape index (κ2) is 3.37. The van der Waals surface area contributed by atoms with E-state index in [0.29, 0.717) is 0 Å².